The number of carbonyl (C=O) groups excluding carboxylic acids is 1. The summed E-state index contributed by atoms with van der Waals surface area (Å²) in [6.45, 7) is 0.777. The highest BCUT2D eigenvalue weighted by molar-refractivity contribution is 6.03. The maximum absolute atomic E-state index is 11.3. The molecule has 1 aliphatic rings. The van der Waals surface area contributed by atoms with E-state index in [0.29, 0.717) is 0 Å². The van der Waals surface area contributed by atoms with Crippen molar-refractivity contribution in [2.24, 2.45) is 0 Å². The van der Waals surface area contributed by atoms with Crippen molar-refractivity contribution in [1.29, 1.82) is 0 Å². The number of benzene rings is 2. The summed E-state index contributed by atoms with van der Waals surface area (Å²) in [6.07, 6.45) is 4.82. The van der Waals surface area contributed by atoms with E-state index < -0.39 is 0 Å². The molecule has 0 bridgehead atoms. The molecule has 3 nitrogen and oxygen atoms in total. The molecule has 1 aliphatic heterocycles. The summed E-state index contributed by atoms with van der Waals surface area (Å²) < 4.78 is 0. The summed E-state index contributed by atoms with van der Waals surface area (Å²) in [5.74, 6) is 0. The standard InChI is InChI=1S/C14H12N2O/c17-10-13-12-5-2-1-4-11(12)6-7-14(13)16-9-3-8-15-16/h1-8,10,15H,9H2. The van der Waals surface area contributed by atoms with Gasteiger partial charge >= 0.3 is 0 Å². The lowest BCUT2D eigenvalue weighted by Crippen LogP contribution is -2.30. The maximum Gasteiger partial charge on any atom is 0.152 e. The minimum absolute atomic E-state index is 0.735. The number of carbonyl (C=O) groups is 1. The average Bonchev–Trinajstić information content (AvgIpc) is 2.91. The van der Waals surface area contributed by atoms with Crippen LogP contribution in [0.25, 0.3) is 10.8 Å². The van der Waals surface area contributed by atoms with Gasteiger partial charge in [-0.2, -0.15) is 0 Å². The summed E-state index contributed by atoms with van der Waals surface area (Å²) in [6, 6.07) is 11.9. The molecule has 84 valence electrons. The largest absolute Gasteiger partial charge is 0.306 e. The number of fused-ring (bicyclic) bond motifs is 1. The summed E-state index contributed by atoms with van der Waals surface area (Å²) in [5, 5.41) is 4.04. The van der Waals surface area contributed by atoms with Crippen molar-refractivity contribution in [3.05, 3.63) is 54.2 Å². The van der Waals surface area contributed by atoms with Crippen LogP contribution in [0.1, 0.15) is 10.4 Å². The molecule has 0 aromatic heterocycles. The van der Waals surface area contributed by atoms with Gasteiger partial charge in [-0.15, -0.1) is 0 Å². The second-order valence-corrected chi connectivity index (χ2v) is 3.98. The highest BCUT2D eigenvalue weighted by Crippen LogP contribution is 2.27. The van der Waals surface area contributed by atoms with Crippen LogP contribution in [0.4, 0.5) is 5.69 Å². The van der Waals surface area contributed by atoms with Crippen molar-refractivity contribution in [2.75, 3.05) is 11.6 Å². The van der Waals surface area contributed by atoms with Gasteiger partial charge in [-0.25, -0.2) is 0 Å². The van der Waals surface area contributed by atoms with Crippen molar-refractivity contribution < 1.29 is 4.79 Å². The highest BCUT2D eigenvalue weighted by atomic mass is 16.1. The molecular weight excluding hydrogens is 212 g/mol. The first kappa shape index (κ1) is 9.90. The Morgan fingerprint density at radius 2 is 2.06 bits per heavy atom. The third-order valence-corrected chi connectivity index (χ3v) is 2.99. The molecule has 0 unspecified atom stereocenters. The molecule has 2 aromatic carbocycles. The minimum atomic E-state index is 0.735. The van der Waals surface area contributed by atoms with Crippen LogP contribution in [0.5, 0.6) is 0 Å². The van der Waals surface area contributed by atoms with Crippen molar-refractivity contribution in [1.82, 2.24) is 5.43 Å². The predicted molar refractivity (Wildman–Crippen MR) is 69.0 cm³/mol. The summed E-state index contributed by atoms with van der Waals surface area (Å²) >= 11 is 0. The number of hydrazine groups is 1. The Bertz CT molecular complexity index is 596. The maximum atomic E-state index is 11.3. The minimum Gasteiger partial charge on any atom is -0.306 e. The number of aldehydes is 1. The Kier molecular flexibility index (Phi) is 2.29. The van der Waals surface area contributed by atoms with Crippen LogP contribution < -0.4 is 10.4 Å². The molecule has 0 atom stereocenters. The van der Waals surface area contributed by atoms with Gasteiger partial charge in [0.05, 0.1) is 12.2 Å². The molecule has 2 aromatic rings. The Labute approximate surface area is 99.3 Å². The molecule has 0 spiro atoms. The highest BCUT2D eigenvalue weighted by Gasteiger charge is 2.13. The Morgan fingerprint density at radius 1 is 1.18 bits per heavy atom. The van der Waals surface area contributed by atoms with E-state index in [0.717, 1.165) is 34.9 Å². The van der Waals surface area contributed by atoms with E-state index in [1.54, 1.807) is 0 Å². The van der Waals surface area contributed by atoms with Gasteiger partial charge in [0, 0.05) is 11.8 Å². The van der Waals surface area contributed by atoms with Crippen LogP contribution in [0, 0.1) is 0 Å². The van der Waals surface area contributed by atoms with E-state index in [1.807, 2.05) is 53.7 Å². The molecule has 17 heavy (non-hydrogen) atoms. The molecule has 0 fully saturated rings. The second kappa shape index (κ2) is 3.94. The van der Waals surface area contributed by atoms with Crippen LogP contribution in [0.2, 0.25) is 0 Å². The average molecular weight is 224 g/mol. The lowest BCUT2D eigenvalue weighted by Gasteiger charge is -2.21. The lowest BCUT2D eigenvalue weighted by atomic mass is 10.0. The van der Waals surface area contributed by atoms with E-state index in [-0.39, 0.29) is 0 Å². The van der Waals surface area contributed by atoms with Crippen LogP contribution in [-0.4, -0.2) is 12.8 Å². The Hall–Kier alpha value is -2.29. The lowest BCUT2D eigenvalue weighted by molar-refractivity contribution is 0.112. The summed E-state index contributed by atoms with van der Waals surface area (Å²) in [7, 11) is 0. The fraction of sp³-hybridized carbons (Fsp3) is 0.0714. The van der Waals surface area contributed by atoms with Crippen molar-refractivity contribution in [2.45, 2.75) is 0 Å². The number of nitrogens with one attached hydrogen (secondary N) is 1. The third-order valence-electron chi connectivity index (χ3n) is 2.99. The molecule has 1 heterocycles. The molecule has 3 rings (SSSR count). The van der Waals surface area contributed by atoms with E-state index in [1.165, 1.54) is 0 Å². The van der Waals surface area contributed by atoms with Gasteiger partial charge in [-0.3, -0.25) is 9.80 Å². The first-order chi connectivity index (χ1) is 8.40. The van der Waals surface area contributed by atoms with E-state index in [4.69, 9.17) is 0 Å². The molecule has 1 N–H and O–H groups in total. The van der Waals surface area contributed by atoms with Crippen LogP contribution in [-0.2, 0) is 0 Å². The van der Waals surface area contributed by atoms with E-state index in [9.17, 15) is 4.79 Å². The Balaban J connectivity index is 2.21. The monoisotopic (exact) mass is 224 g/mol. The molecule has 3 heteroatoms. The van der Waals surface area contributed by atoms with Crippen LogP contribution in [0.15, 0.2) is 48.7 Å². The number of anilines is 1. The first-order valence-electron chi connectivity index (χ1n) is 5.56. The second-order valence-electron chi connectivity index (χ2n) is 3.98. The summed E-state index contributed by atoms with van der Waals surface area (Å²) in [4.78, 5) is 11.3. The van der Waals surface area contributed by atoms with E-state index >= 15 is 0 Å². The smallest absolute Gasteiger partial charge is 0.152 e. The quantitative estimate of drug-likeness (QED) is 0.795. The zero-order chi connectivity index (χ0) is 11.7. The van der Waals surface area contributed by atoms with Gasteiger partial charge < -0.3 is 5.43 Å². The predicted octanol–water partition coefficient (Wildman–Crippen LogP) is 2.49. The van der Waals surface area contributed by atoms with Gasteiger partial charge in [0.25, 0.3) is 0 Å². The fourth-order valence-corrected chi connectivity index (χ4v) is 2.16. The Morgan fingerprint density at radius 3 is 2.82 bits per heavy atom. The zero-order valence-corrected chi connectivity index (χ0v) is 9.26. The zero-order valence-electron chi connectivity index (χ0n) is 9.26. The fourth-order valence-electron chi connectivity index (χ4n) is 2.16. The number of hydrogen-bond donors (Lipinski definition) is 1. The number of nitrogens with zero attached hydrogens (tertiary/aromatic N) is 1. The SMILES string of the molecule is O=Cc1c(N2CC=CN2)ccc2ccccc12. The normalized spacial score (nSPS) is 14.0. The molecule has 0 aliphatic carbocycles. The number of hydrogen-bond acceptors (Lipinski definition) is 3. The van der Waals surface area contributed by atoms with Gasteiger partial charge in [0.15, 0.2) is 6.29 Å². The molecule has 0 saturated heterocycles. The molecule has 0 amide bonds. The van der Waals surface area contributed by atoms with Crippen LogP contribution >= 0.6 is 0 Å². The van der Waals surface area contributed by atoms with Crippen molar-refractivity contribution >= 4 is 22.7 Å². The van der Waals surface area contributed by atoms with Gasteiger partial charge in [0.1, 0.15) is 0 Å². The van der Waals surface area contributed by atoms with Crippen LogP contribution in [0.3, 0.4) is 0 Å². The topological polar surface area (TPSA) is 32.3 Å². The molecular formula is C14H12N2O. The molecule has 0 radical (unpaired) electrons. The third kappa shape index (κ3) is 1.56. The van der Waals surface area contributed by atoms with Crippen molar-refractivity contribution in [3.8, 4) is 0 Å². The molecule has 0 saturated carbocycles. The van der Waals surface area contributed by atoms with Gasteiger partial charge in [0.2, 0.25) is 0 Å². The van der Waals surface area contributed by atoms with Crippen molar-refractivity contribution in [3.63, 3.8) is 0 Å². The number of rotatable bonds is 2. The first-order valence-corrected chi connectivity index (χ1v) is 5.56. The van der Waals surface area contributed by atoms with Gasteiger partial charge in [-0.1, -0.05) is 30.3 Å². The van der Waals surface area contributed by atoms with Gasteiger partial charge in [-0.05, 0) is 22.9 Å². The van der Waals surface area contributed by atoms with E-state index in [2.05, 4.69) is 5.43 Å². The summed E-state index contributed by atoms with van der Waals surface area (Å²) in [5.41, 5.74) is 4.76.